The van der Waals surface area contributed by atoms with E-state index in [4.69, 9.17) is 0 Å². The lowest BCUT2D eigenvalue weighted by Crippen LogP contribution is -2.29. The van der Waals surface area contributed by atoms with Gasteiger partial charge in [-0.2, -0.15) is 0 Å². The van der Waals surface area contributed by atoms with E-state index in [0.29, 0.717) is 11.1 Å². The molecule has 1 aromatic rings. The Morgan fingerprint density at radius 1 is 1.33 bits per heavy atom. The normalized spacial score (nSPS) is 14.8. The molecule has 0 amide bonds. The van der Waals surface area contributed by atoms with Crippen LogP contribution in [0.4, 0.5) is 0 Å². The lowest BCUT2D eigenvalue weighted by Gasteiger charge is -2.11. The van der Waals surface area contributed by atoms with E-state index in [2.05, 4.69) is 18.1 Å². The minimum atomic E-state index is -1.04. The Kier molecular flexibility index (Phi) is 7.43. The van der Waals surface area contributed by atoms with Gasteiger partial charge < -0.3 is 10.1 Å². The summed E-state index contributed by atoms with van der Waals surface area (Å²) >= 11 is 0. The average molecular weight is 325 g/mol. The van der Waals surface area contributed by atoms with E-state index < -0.39 is 11.9 Å². The summed E-state index contributed by atoms with van der Waals surface area (Å²) in [6.45, 7) is 11.0. The fraction of sp³-hybridized carbons (Fsp3) is 0.200. The van der Waals surface area contributed by atoms with Crippen molar-refractivity contribution in [1.82, 2.24) is 4.98 Å². The molecule has 1 rings (SSSR count). The van der Waals surface area contributed by atoms with Crippen molar-refractivity contribution in [3.8, 4) is 0 Å². The van der Waals surface area contributed by atoms with Crippen LogP contribution in [0.15, 0.2) is 55.3 Å². The predicted octanol–water partition coefficient (Wildman–Crippen LogP) is 2.60. The van der Waals surface area contributed by atoms with Crippen molar-refractivity contribution in [2.75, 3.05) is 0 Å². The molecule has 0 bridgehead atoms. The van der Waals surface area contributed by atoms with Gasteiger partial charge in [-0.05, 0) is 19.4 Å². The molecule has 0 aliphatic carbocycles. The summed E-state index contributed by atoms with van der Waals surface area (Å²) in [6.07, 6.45) is 13.3. The maximum atomic E-state index is 12.4. The van der Waals surface area contributed by atoms with Crippen LogP contribution in [0.3, 0.4) is 0 Å². The molecule has 0 aliphatic heterocycles. The van der Waals surface area contributed by atoms with E-state index in [0.717, 1.165) is 10.6 Å². The number of carboxylic acids is 1. The Hall–Kier alpha value is -2.88. The Bertz CT molecular complexity index is 806. The molecule has 0 aromatic carbocycles. The number of aromatic nitrogens is 1. The standard InChI is InChI=1S/C20H23NO3/c1-5-9-11-14(7-3)19(22)12-16(20(23)24)17-13-21-18(8-4)15(17)10-6-2/h5-11,13,16,21H,2-3,12H2,1,4H3,(H,23,24)/b9-5-,14-11+,15-10-,18-8+. The van der Waals surface area contributed by atoms with Crippen molar-refractivity contribution in [1.29, 1.82) is 0 Å². The molecule has 0 radical (unpaired) electrons. The van der Waals surface area contributed by atoms with Crippen molar-refractivity contribution in [2.45, 2.75) is 26.2 Å². The maximum Gasteiger partial charge on any atom is 0.311 e. The van der Waals surface area contributed by atoms with Crippen molar-refractivity contribution < 1.29 is 14.7 Å². The molecule has 1 unspecified atom stereocenters. The molecular weight excluding hydrogens is 302 g/mol. The topological polar surface area (TPSA) is 70.2 Å². The number of rotatable bonds is 8. The molecular formula is C20H23NO3. The first-order chi connectivity index (χ1) is 11.5. The largest absolute Gasteiger partial charge is 0.481 e. The summed E-state index contributed by atoms with van der Waals surface area (Å²) in [4.78, 5) is 27.2. The Labute approximate surface area is 141 Å². The number of hydrogen-bond donors (Lipinski definition) is 2. The summed E-state index contributed by atoms with van der Waals surface area (Å²) in [7, 11) is 0. The van der Waals surface area contributed by atoms with E-state index in [1.54, 1.807) is 36.6 Å². The minimum Gasteiger partial charge on any atom is -0.481 e. The van der Waals surface area contributed by atoms with Gasteiger partial charge >= 0.3 is 5.97 Å². The van der Waals surface area contributed by atoms with Crippen LogP contribution in [0.5, 0.6) is 0 Å². The SMILES string of the molecule is C=C/C=c1/c(C(CC(=O)/C(C=C)=C/C=C\C)C(=O)O)c[nH]/c1=C/C. The molecule has 4 nitrogen and oxygen atoms in total. The predicted molar refractivity (Wildman–Crippen MR) is 97.9 cm³/mol. The second kappa shape index (κ2) is 9.30. The van der Waals surface area contributed by atoms with Crippen LogP contribution in [-0.2, 0) is 9.59 Å². The molecule has 4 heteroatoms. The number of aliphatic carboxylic acids is 1. The molecule has 126 valence electrons. The van der Waals surface area contributed by atoms with Gasteiger partial charge in [0, 0.05) is 28.8 Å². The van der Waals surface area contributed by atoms with Crippen molar-refractivity contribution >= 4 is 23.9 Å². The molecule has 0 saturated carbocycles. The first-order valence-electron chi connectivity index (χ1n) is 7.67. The van der Waals surface area contributed by atoms with Crippen LogP contribution in [0, 0.1) is 0 Å². The zero-order valence-corrected chi connectivity index (χ0v) is 14.1. The zero-order valence-electron chi connectivity index (χ0n) is 14.1. The van der Waals surface area contributed by atoms with Crippen LogP contribution in [-0.4, -0.2) is 21.8 Å². The number of nitrogens with one attached hydrogen (secondary N) is 1. The average Bonchev–Trinajstić information content (AvgIpc) is 2.96. The highest BCUT2D eigenvalue weighted by atomic mass is 16.4. The molecule has 0 aliphatic rings. The van der Waals surface area contributed by atoms with Gasteiger partial charge in [0.05, 0.1) is 5.92 Å². The lowest BCUT2D eigenvalue weighted by atomic mass is 9.91. The quantitative estimate of drug-likeness (QED) is 0.570. The van der Waals surface area contributed by atoms with E-state index >= 15 is 0 Å². The molecule has 0 saturated heterocycles. The second-order valence-corrected chi connectivity index (χ2v) is 5.13. The van der Waals surface area contributed by atoms with Gasteiger partial charge in [0.2, 0.25) is 0 Å². The summed E-state index contributed by atoms with van der Waals surface area (Å²) in [5.41, 5.74) is 0.963. The summed E-state index contributed by atoms with van der Waals surface area (Å²) in [6, 6.07) is 0. The van der Waals surface area contributed by atoms with Crippen molar-refractivity contribution in [3.05, 3.63) is 71.4 Å². The number of H-pyrrole nitrogens is 1. The Morgan fingerprint density at radius 3 is 2.54 bits per heavy atom. The highest BCUT2D eigenvalue weighted by molar-refractivity contribution is 6.00. The number of hydrogen-bond acceptors (Lipinski definition) is 2. The molecule has 2 N–H and O–H groups in total. The maximum absolute atomic E-state index is 12.4. The van der Waals surface area contributed by atoms with E-state index in [1.165, 1.54) is 6.08 Å². The Balaban J connectivity index is 3.33. The Morgan fingerprint density at radius 2 is 2.04 bits per heavy atom. The van der Waals surface area contributed by atoms with Gasteiger partial charge in [0.15, 0.2) is 5.78 Å². The number of allylic oxidation sites excluding steroid dienone is 6. The number of Topliss-reactive ketones (excluding diaryl/α,β-unsaturated/α-hetero) is 1. The third kappa shape index (κ3) is 4.56. The highest BCUT2D eigenvalue weighted by Gasteiger charge is 2.25. The fourth-order valence-electron chi connectivity index (χ4n) is 2.41. The van der Waals surface area contributed by atoms with Gasteiger partial charge in [-0.15, -0.1) is 0 Å². The van der Waals surface area contributed by atoms with Crippen LogP contribution in [0.2, 0.25) is 0 Å². The zero-order chi connectivity index (χ0) is 18.1. The summed E-state index contributed by atoms with van der Waals surface area (Å²) in [5.74, 6) is -2.25. The molecule has 1 heterocycles. The fourth-order valence-corrected chi connectivity index (χ4v) is 2.41. The van der Waals surface area contributed by atoms with Crippen LogP contribution in [0.25, 0.3) is 12.2 Å². The third-order valence-electron chi connectivity index (χ3n) is 3.63. The minimum absolute atomic E-state index is 0.135. The first kappa shape index (κ1) is 19.2. The molecule has 1 atom stereocenters. The van der Waals surface area contributed by atoms with Crippen LogP contribution in [0.1, 0.15) is 31.7 Å². The highest BCUT2D eigenvalue weighted by Crippen LogP contribution is 2.19. The monoisotopic (exact) mass is 325 g/mol. The van der Waals surface area contributed by atoms with Gasteiger partial charge in [-0.3, -0.25) is 9.59 Å². The molecule has 0 spiro atoms. The van der Waals surface area contributed by atoms with E-state index in [1.807, 2.05) is 19.9 Å². The van der Waals surface area contributed by atoms with E-state index in [-0.39, 0.29) is 12.2 Å². The number of carbonyl (C=O) groups excluding carboxylic acids is 1. The van der Waals surface area contributed by atoms with Crippen LogP contribution >= 0.6 is 0 Å². The number of carboxylic acid groups (broad SMARTS) is 1. The first-order valence-corrected chi connectivity index (χ1v) is 7.67. The number of carbonyl (C=O) groups is 2. The van der Waals surface area contributed by atoms with Crippen molar-refractivity contribution in [2.24, 2.45) is 0 Å². The van der Waals surface area contributed by atoms with Gasteiger partial charge in [0.1, 0.15) is 0 Å². The second-order valence-electron chi connectivity index (χ2n) is 5.13. The number of ketones is 1. The van der Waals surface area contributed by atoms with Gasteiger partial charge in [-0.25, -0.2) is 0 Å². The van der Waals surface area contributed by atoms with Gasteiger partial charge in [-0.1, -0.05) is 55.7 Å². The molecule has 24 heavy (non-hydrogen) atoms. The van der Waals surface area contributed by atoms with Gasteiger partial charge in [0.25, 0.3) is 0 Å². The summed E-state index contributed by atoms with van der Waals surface area (Å²) in [5, 5.41) is 11.1. The third-order valence-corrected chi connectivity index (χ3v) is 3.63. The molecule has 0 fully saturated rings. The van der Waals surface area contributed by atoms with E-state index in [9.17, 15) is 14.7 Å². The molecule has 1 aromatic heterocycles. The van der Waals surface area contributed by atoms with Crippen LogP contribution < -0.4 is 10.6 Å². The summed E-state index contributed by atoms with van der Waals surface area (Å²) < 4.78 is 0. The van der Waals surface area contributed by atoms with Crippen molar-refractivity contribution in [3.63, 3.8) is 0 Å². The smallest absolute Gasteiger partial charge is 0.311 e. The number of aromatic amines is 1. The lowest BCUT2D eigenvalue weighted by molar-refractivity contribution is -0.140.